The average molecular weight is 312 g/mol. The summed E-state index contributed by atoms with van der Waals surface area (Å²) < 4.78 is 0. The summed E-state index contributed by atoms with van der Waals surface area (Å²) in [5.41, 5.74) is 0. The first kappa shape index (κ1) is 13.3. The van der Waals surface area contributed by atoms with Crippen LogP contribution in [0.5, 0.6) is 0 Å². The second kappa shape index (κ2) is 6.36. The minimum atomic E-state index is 0. The van der Waals surface area contributed by atoms with Gasteiger partial charge in [-0.25, -0.2) is 0 Å². The van der Waals surface area contributed by atoms with Gasteiger partial charge in [-0.15, -0.1) is 0 Å². The van der Waals surface area contributed by atoms with Crippen molar-refractivity contribution in [1.29, 1.82) is 0 Å². The van der Waals surface area contributed by atoms with Crippen LogP contribution < -0.4 is 0 Å². The van der Waals surface area contributed by atoms with Gasteiger partial charge in [-0.05, 0) is 41.2 Å². The van der Waals surface area contributed by atoms with Crippen LogP contribution in [0.1, 0.15) is 27.7 Å². The Kier molecular flexibility index (Phi) is 8.43. The van der Waals surface area contributed by atoms with E-state index in [2.05, 4.69) is 39.5 Å². The van der Waals surface area contributed by atoms with E-state index in [9.17, 15) is 0 Å². The molecule has 0 aromatic heterocycles. The fourth-order valence-corrected chi connectivity index (χ4v) is 1.11. The van der Waals surface area contributed by atoms with E-state index >= 15 is 0 Å². The van der Waals surface area contributed by atoms with Gasteiger partial charge in [0, 0.05) is 33.1 Å². The Morgan fingerprint density at radius 1 is 1.10 bits per heavy atom. The summed E-state index contributed by atoms with van der Waals surface area (Å²) in [5, 5.41) is 0. The van der Waals surface area contributed by atoms with E-state index in [4.69, 9.17) is 0 Å². The van der Waals surface area contributed by atoms with Crippen molar-refractivity contribution in [2.75, 3.05) is 6.54 Å². The van der Waals surface area contributed by atoms with Crippen LogP contribution in [-0.4, -0.2) is 23.5 Å². The van der Waals surface area contributed by atoms with E-state index in [1.807, 2.05) is 0 Å². The third-order valence-electron chi connectivity index (χ3n) is 1.58. The van der Waals surface area contributed by atoms with Crippen LogP contribution in [0.15, 0.2) is 0 Å². The van der Waals surface area contributed by atoms with Gasteiger partial charge in [0.05, 0.1) is 0 Å². The van der Waals surface area contributed by atoms with Crippen molar-refractivity contribution >= 4 is 0 Å². The van der Waals surface area contributed by atoms with Gasteiger partial charge in [0.1, 0.15) is 0 Å². The van der Waals surface area contributed by atoms with Crippen LogP contribution in [0.25, 0.3) is 0 Å². The molecule has 0 N–H and O–H groups in total. The average Bonchev–Trinajstić information content (AvgIpc) is 1.64. The minimum Gasteiger partial charge on any atom is -0.299 e. The zero-order chi connectivity index (χ0) is 7.44. The molecule has 0 aliphatic heterocycles. The minimum absolute atomic E-state index is 0. The molecule has 0 bridgehead atoms. The quantitative estimate of drug-likeness (QED) is 0.770. The molecule has 10 heavy (non-hydrogen) atoms. The summed E-state index contributed by atoms with van der Waals surface area (Å²) in [6.45, 7) is 13.6. The molecule has 0 aliphatic rings. The summed E-state index contributed by atoms with van der Waals surface area (Å²) in [4.78, 5) is 2.35. The normalized spacial score (nSPS) is 10.8. The van der Waals surface area contributed by atoms with Gasteiger partial charge in [0.25, 0.3) is 0 Å². The molecule has 0 aromatic carbocycles. The fraction of sp³-hybridized carbons (Fsp3) is 0.875. The third kappa shape index (κ3) is 4.46. The molecule has 61 valence electrons. The van der Waals surface area contributed by atoms with Crippen molar-refractivity contribution in [2.45, 2.75) is 39.8 Å². The molecule has 0 aromatic rings. The van der Waals surface area contributed by atoms with Crippen molar-refractivity contribution in [2.24, 2.45) is 0 Å². The first-order valence-corrected chi connectivity index (χ1v) is 3.64. The Balaban J connectivity index is 0. The molecule has 1 nitrogen and oxygen atoms in total. The zero-order valence-corrected chi connectivity index (χ0v) is 10.4. The Morgan fingerprint density at radius 2 is 1.40 bits per heavy atom. The van der Waals surface area contributed by atoms with E-state index < -0.39 is 0 Å². The zero-order valence-electron chi connectivity index (χ0n) is 7.42. The first-order valence-electron chi connectivity index (χ1n) is 3.64. The molecule has 0 spiro atoms. The van der Waals surface area contributed by atoms with Crippen molar-refractivity contribution in [3.8, 4) is 0 Å². The van der Waals surface area contributed by atoms with Gasteiger partial charge in [-0.3, -0.25) is 4.90 Å². The van der Waals surface area contributed by atoms with Gasteiger partial charge in [-0.1, -0.05) is 0 Å². The first-order chi connectivity index (χ1) is 4.09. The van der Waals surface area contributed by atoms with Crippen molar-refractivity contribution in [1.82, 2.24) is 4.90 Å². The largest absolute Gasteiger partial charge is 0.299 e. The maximum Gasteiger partial charge on any atom is 0.00412 e. The Morgan fingerprint density at radius 3 is 1.40 bits per heavy atom. The smallest absolute Gasteiger partial charge is 0.00412 e. The molecule has 0 saturated heterocycles. The van der Waals surface area contributed by atoms with Crippen LogP contribution in [0.4, 0.5) is 0 Å². The van der Waals surface area contributed by atoms with Gasteiger partial charge >= 0.3 is 0 Å². The van der Waals surface area contributed by atoms with Gasteiger partial charge in [0.15, 0.2) is 0 Å². The summed E-state index contributed by atoms with van der Waals surface area (Å²) in [7, 11) is 0. The second-order valence-electron chi connectivity index (χ2n) is 2.93. The second-order valence-corrected chi connectivity index (χ2v) is 2.93. The topological polar surface area (TPSA) is 3.24 Å². The predicted octanol–water partition coefficient (Wildman–Crippen LogP) is 1.94. The molecule has 0 atom stereocenters. The number of rotatable bonds is 3. The van der Waals surface area contributed by atoms with Gasteiger partial charge < -0.3 is 0 Å². The summed E-state index contributed by atoms with van der Waals surface area (Å²) in [6, 6.07) is 1.25. The monoisotopic (exact) mass is 312 g/mol. The molecule has 0 unspecified atom stereocenters. The molecule has 2 heteroatoms. The Labute approximate surface area is 79.4 Å². The van der Waals surface area contributed by atoms with Crippen molar-refractivity contribution in [3.05, 3.63) is 6.92 Å². The number of nitrogens with zero attached hydrogens (tertiary/aromatic N) is 1. The molecule has 1 radical (unpaired) electrons. The summed E-state index contributed by atoms with van der Waals surface area (Å²) in [6.07, 6.45) is 0. The Hall–Kier alpha value is 0.648. The molecular formula is C8H18NW. The molecule has 0 rings (SSSR count). The fourth-order valence-electron chi connectivity index (χ4n) is 1.11. The van der Waals surface area contributed by atoms with Crippen LogP contribution in [-0.2, 0) is 21.1 Å². The Bertz CT molecular complexity index is 63.7. The standard InChI is InChI=1S/C8H18N.W/c1-6-9(7(2)3)8(4)5;/h7-8H,1,6H2,2-5H3;. The van der Waals surface area contributed by atoms with E-state index in [0.717, 1.165) is 6.54 Å². The van der Waals surface area contributed by atoms with Crippen LogP contribution >= 0.6 is 0 Å². The molecular weight excluding hydrogens is 294 g/mol. The molecule has 0 heterocycles. The van der Waals surface area contributed by atoms with E-state index in [0.29, 0.717) is 12.1 Å². The van der Waals surface area contributed by atoms with Gasteiger partial charge in [-0.2, -0.15) is 0 Å². The molecule has 0 fully saturated rings. The molecule has 0 aliphatic carbocycles. The molecule has 0 saturated carbocycles. The van der Waals surface area contributed by atoms with Crippen molar-refractivity contribution < 1.29 is 21.1 Å². The maximum atomic E-state index is 3.85. The van der Waals surface area contributed by atoms with E-state index in [1.54, 1.807) is 0 Å². The SMILES string of the molecule is [CH2]CN(C(C)C)C(C)C.[W]. The molecule has 0 amide bonds. The van der Waals surface area contributed by atoms with Gasteiger partial charge in [0.2, 0.25) is 0 Å². The van der Waals surface area contributed by atoms with Crippen LogP contribution in [0.2, 0.25) is 0 Å². The van der Waals surface area contributed by atoms with Crippen molar-refractivity contribution in [3.63, 3.8) is 0 Å². The predicted molar refractivity (Wildman–Crippen MR) is 42.3 cm³/mol. The summed E-state index contributed by atoms with van der Waals surface area (Å²) in [5.74, 6) is 0. The van der Waals surface area contributed by atoms with E-state index in [-0.39, 0.29) is 21.1 Å². The number of hydrogen-bond donors (Lipinski definition) is 0. The summed E-state index contributed by atoms with van der Waals surface area (Å²) >= 11 is 0. The van der Waals surface area contributed by atoms with E-state index in [1.165, 1.54) is 0 Å². The maximum absolute atomic E-state index is 3.85. The third-order valence-corrected chi connectivity index (χ3v) is 1.58. The van der Waals surface area contributed by atoms with Crippen LogP contribution in [0, 0.1) is 6.92 Å². The number of hydrogen-bond acceptors (Lipinski definition) is 1. The van der Waals surface area contributed by atoms with Crippen LogP contribution in [0.3, 0.4) is 0 Å².